The zero-order chi connectivity index (χ0) is 14.9. The van der Waals surface area contributed by atoms with Gasteiger partial charge in [-0.05, 0) is 56.9 Å². The number of hydrogen-bond donors (Lipinski definition) is 1. The molecule has 1 aromatic heterocycles. The molecule has 0 aromatic carbocycles. The van der Waals surface area contributed by atoms with E-state index in [1.807, 2.05) is 4.68 Å². The molecule has 0 saturated heterocycles. The van der Waals surface area contributed by atoms with Crippen LogP contribution in [0.5, 0.6) is 0 Å². The predicted octanol–water partition coefficient (Wildman–Crippen LogP) is 2.73. The lowest BCUT2D eigenvalue weighted by molar-refractivity contribution is 0.188. The summed E-state index contributed by atoms with van der Waals surface area (Å²) in [5.74, 6) is 0.893. The molecule has 0 radical (unpaired) electrons. The summed E-state index contributed by atoms with van der Waals surface area (Å²) >= 11 is 0. The van der Waals surface area contributed by atoms with Crippen molar-refractivity contribution in [3.05, 3.63) is 5.82 Å². The van der Waals surface area contributed by atoms with E-state index in [2.05, 4.69) is 76.2 Å². The molecule has 5 heteroatoms. The van der Waals surface area contributed by atoms with E-state index in [1.165, 1.54) is 0 Å². The van der Waals surface area contributed by atoms with Crippen molar-refractivity contribution in [2.24, 2.45) is 5.41 Å². The van der Waals surface area contributed by atoms with Crippen LogP contribution in [0.2, 0.25) is 0 Å². The molecule has 0 aliphatic rings. The fraction of sp³-hybridized carbons (Fsp3) is 0.929. The molecule has 0 unspecified atom stereocenters. The van der Waals surface area contributed by atoms with Gasteiger partial charge >= 0.3 is 0 Å². The Kier molecular flexibility index (Phi) is 4.40. The number of hydrogen-bond acceptors (Lipinski definition) is 4. The molecule has 110 valence electrons. The van der Waals surface area contributed by atoms with Gasteiger partial charge in [-0.1, -0.05) is 20.8 Å². The number of tetrazole rings is 1. The average molecular weight is 267 g/mol. The highest BCUT2D eigenvalue weighted by Gasteiger charge is 2.30. The Bertz CT molecular complexity index is 406. The standard InChI is InChI=1S/C14H29N5/c1-12(2,3)10-14(7,8)19-11(16-17-18-19)9-15-13(4,5)6/h15H,9-10H2,1-8H3. The molecule has 0 aliphatic heterocycles. The lowest BCUT2D eigenvalue weighted by Crippen LogP contribution is -2.39. The van der Waals surface area contributed by atoms with Gasteiger partial charge in [0.15, 0.2) is 5.82 Å². The molecule has 5 nitrogen and oxygen atoms in total. The van der Waals surface area contributed by atoms with Crippen molar-refractivity contribution in [3.8, 4) is 0 Å². The van der Waals surface area contributed by atoms with Gasteiger partial charge in [-0.3, -0.25) is 0 Å². The maximum Gasteiger partial charge on any atom is 0.165 e. The molecule has 0 bridgehead atoms. The van der Waals surface area contributed by atoms with Crippen LogP contribution >= 0.6 is 0 Å². The lowest BCUT2D eigenvalue weighted by Gasteiger charge is -2.33. The van der Waals surface area contributed by atoms with E-state index in [9.17, 15) is 0 Å². The lowest BCUT2D eigenvalue weighted by atomic mass is 9.82. The summed E-state index contributed by atoms with van der Waals surface area (Å²) in [4.78, 5) is 0. The van der Waals surface area contributed by atoms with Gasteiger partial charge in [-0.15, -0.1) is 5.10 Å². The smallest absolute Gasteiger partial charge is 0.165 e. The highest BCUT2D eigenvalue weighted by molar-refractivity contribution is 4.91. The van der Waals surface area contributed by atoms with Crippen LogP contribution in [0, 0.1) is 5.41 Å². The second-order valence-electron chi connectivity index (χ2n) is 8.16. The summed E-state index contributed by atoms with van der Waals surface area (Å²) < 4.78 is 1.96. The summed E-state index contributed by atoms with van der Waals surface area (Å²) in [6.45, 7) is 18.2. The molecule has 0 aliphatic carbocycles. The van der Waals surface area contributed by atoms with Crippen LogP contribution in [0.4, 0.5) is 0 Å². The van der Waals surface area contributed by atoms with E-state index in [0.29, 0.717) is 6.54 Å². The molecule has 0 saturated carbocycles. The fourth-order valence-electron chi connectivity index (χ4n) is 2.50. The molecule has 1 heterocycles. The minimum Gasteiger partial charge on any atom is -0.305 e. The Morgan fingerprint density at radius 1 is 1.00 bits per heavy atom. The molecule has 0 spiro atoms. The maximum absolute atomic E-state index is 4.19. The first-order chi connectivity index (χ1) is 8.41. The number of nitrogens with one attached hydrogen (secondary N) is 1. The monoisotopic (exact) mass is 267 g/mol. The Hall–Kier alpha value is -0.970. The summed E-state index contributed by atoms with van der Waals surface area (Å²) in [6.07, 6.45) is 1.02. The molecule has 1 aromatic rings. The highest BCUT2D eigenvalue weighted by Crippen LogP contribution is 2.31. The third-order valence-corrected chi connectivity index (χ3v) is 2.85. The van der Waals surface area contributed by atoms with Gasteiger partial charge in [-0.25, -0.2) is 4.68 Å². The van der Waals surface area contributed by atoms with Crippen molar-refractivity contribution in [2.45, 2.75) is 79.4 Å². The van der Waals surface area contributed by atoms with E-state index in [-0.39, 0.29) is 16.5 Å². The van der Waals surface area contributed by atoms with Crippen LogP contribution in [0.15, 0.2) is 0 Å². The third kappa shape index (κ3) is 5.27. The minimum absolute atomic E-state index is 0.0605. The van der Waals surface area contributed by atoms with Gasteiger partial charge in [0.1, 0.15) is 0 Å². The first kappa shape index (κ1) is 16.1. The summed E-state index contributed by atoms with van der Waals surface area (Å²) in [7, 11) is 0. The second kappa shape index (κ2) is 5.19. The zero-order valence-electron chi connectivity index (χ0n) is 13.7. The van der Waals surface area contributed by atoms with Crippen molar-refractivity contribution in [3.63, 3.8) is 0 Å². The minimum atomic E-state index is -0.0867. The second-order valence-corrected chi connectivity index (χ2v) is 8.16. The predicted molar refractivity (Wildman–Crippen MR) is 77.8 cm³/mol. The van der Waals surface area contributed by atoms with Gasteiger partial charge in [0, 0.05) is 5.54 Å². The number of aromatic nitrogens is 4. The molecular formula is C14H29N5. The molecule has 0 atom stereocenters. The first-order valence-electron chi connectivity index (χ1n) is 6.94. The Balaban J connectivity index is 2.87. The molecule has 19 heavy (non-hydrogen) atoms. The maximum atomic E-state index is 4.19. The van der Waals surface area contributed by atoms with Crippen molar-refractivity contribution < 1.29 is 0 Å². The van der Waals surface area contributed by atoms with Crippen LogP contribution < -0.4 is 5.32 Å². The fourth-order valence-corrected chi connectivity index (χ4v) is 2.50. The van der Waals surface area contributed by atoms with Gasteiger partial charge in [-0.2, -0.15) is 0 Å². The van der Waals surface area contributed by atoms with Crippen LogP contribution in [0.3, 0.4) is 0 Å². The highest BCUT2D eigenvalue weighted by atomic mass is 15.6. The molecule has 1 rings (SSSR count). The van der Waals surface area contributed by atoms with Crippen LogP contribution in [-0.4, -0.2) is 25.7 Å². The summed E-state index contributed by atoms with van der Waals surface area (Å²) in [6, 6.07) is 0. The molecule has 0 fully saturated rings. The Morgan fingerprint density at radius 2 is 1.58 bits per heavy atom. The van der Waals surface area contributed by atoms with E-state index in [4.69, 9.17) is 0 Å². The third-order valence-electron chi connectivity index (χ3n) is 2.85. The molecular weight excluding hydrogens is 238 g/mol. The van der Waals surface area contributed by atoms with Gasteiger partial charge in [0.25, 0.3) is 0 Å². The van der Waals surface area contributed by atoms with E-state index in [1.54, 1.807) is 0 Å². The van der Waals surface area contributed by atoms with E-state index in [0.717, 1.165) is 12.2 Å². The van der Waals surface area contributed by atoms with Gasteiger partial charge in [0.2, 0.25) is 0 Å². The summed E-state index contributed by atoms with van der Waals surface area (Å²) in [5, 5.41) is 15.6. The SMILES string of the molecule is CC(C)(C)CC(C)(C)n1nnnc1CNC(C)(C)C. The largest absolute Gasteiger partial charge is 0.305 e. The normalized spacial score (nSPS) is 13.9. The van der Waals surface area contributed by atoms with E-state index < -0.39 is 0 Å². The number of rotatable bonds is 4. The van der Waals surface area contributed by atoms with Gasteiger partial charge < -0.3 is 5.32 Å². The summed E-state index contributed by atoms with van der Waals surface area (Å²) in [5.41, 5.74) is 0.214. The van der Waals surface area contributed by atoms with Gasteiger partial charge in [0.05, 0.1) is 12.1 Å². The molecule has 0 amide bonds. The van der Waals surface area contributed by atoms with E-state index >= 15 is 0 Å². The topological polar surface area (TPSA) is 55.6 Å². The number of nitrogens with zero attached hydrogens (tertiary/aromatic N) is 4. The van der Waals surface area contributed by atoms with Crippen molar-refractivity contribution in [2.75, 3.05) is 0 Å². The van der Waals surface area contributed by atoms with Crippen molar-refractivity contribution in [1.82, 2.24) is 25.5 Å². The quantitative estimate of drug-likeness (QED) is 0.911. The zero-order valence-corrected chi connectivity index (χ0v) is 13.7. The first-order valence-corrected chi connectivity index (χ1v) is 6.94. The average Bonchev–Trinajstić information content (AvgIpc) is 2.57. The van der Waals surface area contributed by atoms with Crippen LogP contribution in [0.1, 0.15) is 67.6 Å². The Morgan fingerprint density at radius 3 is 2.05 bits per heavy atom. The molecule has 1 N–H and O–H groups in total. The van der Waals surface area contributed by atoms with Crippen LogP contribution in [-0.2, 0) is 12.1 Å². The Labute approximate surface area is 117 Å². The van der Waals surface area contributed by atoms with Crippen molar-refractivity contribution in [1.29, 1.82) is 0 Å². The van der Waals surface area contributed by atoms with Crippen LogP contribution in [0.25, 0.3) is 0 Å². The van der Waals surface area contributed by atoms with Crippen molar-refractivity contribution >= 4 is 0 Å².